The molecule has 5 atom stereocenters. The lowest BCUT2D eigenvalue weighted by Gasteiger charge is -2.45. The molecule has 5 unspecified atom stereocenters. The van der Waals surface area contributed by atoms with Gasteiger partial charge in [-0.1, -0.05) is 24.0 Å². The number of amides is 1. The number of fused-ring (bicyclic) bond motifs is 4. The number of allylic oxidation sites excluding steroid dienone is 2. The van der Waals surface area contributed by atoms with Crippen molar-refractivity contribution in [2.75, 3.05) is 50.9 Å². The maximum atomic E-state index is 12.4. The largest absolute Gasteiger partial charge is 0.446 e. The van der Waals surface area contributed by atoms with Crippen molar-refractivity contribution >= 4 is 17.5 Å². The van der Waals surface area contributed by atoms with E-state index in [1.165, 1.54) is 44.9 Å². The number of hydrogen-bond donors (Lipinski definition) is 3. The Morgan fingerprint density at radius 1 is 0.892 bits per heavy atom. The van der Waals surface area contributed by atoms with Crippen LogP contribution in [0.3, 0.4) is 0 Å². The molecule has 1 aromatic carbocycles. The summed E-state index contributed by atoms with van der Waals surface area (Å²) < 4.78 is 5.79. The van der Waals surface area contributed by atoms with E-state index in [2.05, 4.69) is 20.9 Å². The Hall–Kier alpha value is -2.35. The summed E-state index contributed by atoms with van der Waals surface area (Å²) in [5.74, 6) is 3.38. The molecule has 204 valence electrons. The van der Waals surface area contributed by atoms with Crippen LogP contribution < -0.4 is 26.8 Å². The highest BCUT2D eigenvalue weighted by Crippen LogP contribution is 2.55. The summed E-state index contributed by atoms with van der Waals surface area (Å²) in [6.07, 6.45) is 13.0. The standard InChI is InChI=1S/C29H44N4O4/c1-33(2)16-4-13-30-25-26(28(35)27(25)34)31-14-15-32-29(36)37-20-9-12-22-19(17-20)8-11-23-21-6-3-5-18(21)7-10-24(22)23/h18-21,23,30-31H,3-17H2,1-2H3,(H,32,36). The highest BCUT2D eigenvalue weighted by Gasteiger charge is 2.44. The molecule has 3 fully saturated rings. The molecule has 3 saturated carbocycles. The van der Waals surface area contributed by atoms with Crippen molar-refractivity contribution in [1.82, 2.24) is 10.2 Å². The van der Waals surface area contributed by atoms with Gasteiger partial charge in [0.1, 0.15) is 17.5 Å². The number of nitrogens with one attached hydrogen (secondary N) is 3. The Bertz CT molecular complexity index is 1070. The normalized spacial score (nSPS) is 29.0. The van der Waals surface area contributed by atoms with Crippen LogP contribution in [0, 0.1) is 23.7 Å². The predicted octanol–water partition coefficient (Wildman–Crippen LogP) is 3.87. The van der Waals surface area contributed by atoms with Gasteiger partial charge in [-0.3, -0.25) is 9.59 Å². The minimum atomic E-state index is -0.499. The van der Waals surface area contributed by atoms with Gasteiger partial charge < -0.3 is 25.6 Å². The molecule has 0 bridgehead atoms. The summed E-state index contributed by atoms with van der Waals surface area (Å²) in [5.41, 5.74) is 3.23. The molecule has 5 rings (SSSR count). The number of alkyl carbamates (subject to hydrolysis) is 1. The lowest BCUT2D eigenvalue weighted by molar-refractivity contribution is 0.0645. The zero-order chi connectivity index (χ0) is 25.9. The summed E-state index contributed by atoms with van der Waals surface area (Å²) in [6.45, 7) is 2.22. The van der Waals surface area contributed by atoms with E-state index in [-0.39, 0.29) is 6.10 Å². The van der Waals surface area contributed by atoms with Crippen LogP contribution in [0.4, 0.5) is 16.2 Å². The molecule has 1 amide bonds. The first-order valence-corrected chi connectivity index (χ1v) is 14.5. The molecule has 1 aromatic rings. The van der Waals surface area contributed by atoms with Crippen molar-refractivity contribution in [2.45, 2.75) is 76.7 Å². The second-order valence-electron chi connectivity index (χ2n) is 12.0. The van der Waals surface area contributed by atoms with E-state index in [1.807, 2.05) is 14.1 Å². The van der Waals surface area contributed by atoms with Crippen molar-refractivity contribution in [2.24, 2.45) is 23.7 Å². The van der Waals surface area contributed by atoms with Crippen molar-refractivity contribution in [3.63, 3.8) is 0 Å². The summed E-state index contributed by atoms with van der Waals surface area (Å²) in [4.78, 5) is 38.3. The van der Waals surface area contributed by atoms with Gasteiger partial charge in [0, 0.05) is 19.6 Å². The van der Waals surface area contributed by atoms with Gasteiger partial charge >= 0.3 is 6.09 Å². The van der Waals surface area contributed by atoms with Gasteiger partial charge in [-0.05, 0) is 102 Å². The summed E-state index contributed by atoms with van der Waals surface area (Å²) in [7, 11) is 3.99. The third-order valence-corrected chi connectivity index (χ3v) is 9.45. The predicted molar refractivity (Wildman–Crippen MR) is 147 cm³/mol. The van der Waals surface area contributed by atoms with Crippen molar-refractivity contribution in [3.05, 3.63) is 31.6 Å². The van der Waals surface area contributed by atoms with Crippen LogP contribution in [0.1, 0.15) is 70.6 Å². The summed E-state index contributed by atoms with van der Waals surface area (Å²) in [6, 6.07) is 0. The molecular weight excluding hydrogens is 468 g/mol. The van der Waals surface area contributed by atoms with Crippen LogP contribution in [-0.4, -0.2) is 57.4 Å². The van der Waals surface area contributed by atoms with Crippen molar-refractivity contribution in [3.8, 4) is 0 Å². The van der Waals surface area contributed by atoms with Crippen LogP contribution in [0.5, 0.6) is 0 Å². The van der Waals surface area contributed by atoms with Gasteiger partial charge in [-0.25, -0.2) is 4.79 Å². The molecule has 0 radical (unpaired) electrons. The molecule has 3 N–H and O–H groups in total. The maximum absolute atomic E-state index is 12.4. The van der Waals surface area contributed by atoms with Gasteiger partial charge in [-0.2, -0.15) is 0 Å². The lowest BCUT2D eigenvalue weighted by Crippen LogP contribution is -2.40. The van der Waals surface area contributed by atoms with Crippen molar-refractivity contribution < 1.29 is 9.53 Å². The Kier molecular flexibility index (Phi) is 8.22. The van der Waals surface area contributed by atoms with Gasteiger partial charge in [0.2, 0.25) is 0 Å². The first-order valence-electron chi connectivity index (χ1n) is 14.5. The van der Waals surface area contributed by atoms with Gasteiger partial charge in [0.15, 0.2) is 0 Å². The Balaban J connectivity index is 1.03. The number of hydrogen-bond acceptors (Lipinski definition) is 7. The number of carbonyl (C=O) groups excluding carboxylic acids is 1. The van der Waals surface area contributed by atoms with Crippen LogP contribution in [0.2, 0.25) is 0 Å². The summed E-state index contributed by atoms with van der Waals surface area (Å²) >= 11 is 0. The fourth-order valence-corrected chi connectivity index (χ4v) is 7.71. The molecule has 4 aliphatic rings. The van der Waals surface area contributed by atoms with Gasteiger partial charge in [0.25, 0.3) is 10.9 Å². The second-order valence-corrected chi connectivity index (χ2v) is 12.0. The number of nitrogens with zero attached hydrogens (tertiary/aromatic N) is 1. The highest BCUT2D eigenvalue weighted by molar-refractivity contribution is 5.74. The van der Waals surface area contributed by atoms with Crippen LogP contribution in [0.25, 0.3) is 0 Å². The van der Waals surface area contributed by atoms with E-state index in [0.717, 1.165) is 50.0 Å². The third kappa shape index (κ3) is 5.74. The molecule has 0 saturated heterocycles. The average Bonchev–Trinajstić information content (AvgIpc) is 3.38. The number of anilines is 2. The maximum Gasteiger partial charge on any atom is 0.407 e. The summed E-state index contributed by atoms with van der Waals surface area (Å²) in [5, 5.41) is 8.86. The van der Waals surface area contributed by atoms with Crippen LogP contribution in [-0.2, 0) is 4.74 Å². The minimum Gasteiger partial charge on any atom is -0.446 e. The molecule has 8 heteroatoms. The highest BCUT2D eigenvalue weighted by atomic mass is 16.6. The first kappa shape index (κ1) is 26.3. The third-order valence-electron chi connectivity index (χ3n) is 9.45. The number of carbonyl (C=O) groups is 1. The monoisotopic (exact) mass is 512 g/mol. The molecule has 0 spiro atoms. The first-order chi connectivity index (χ1) is 17.9. The Labute approximate surface area is 220 Å². The fourth-order valence-electron chi connectivity index (χ4n) is 7.71. The number of rotatable bonds is 10. The van der Waals surface area contributed by atoms with E-state index in [0.29, 0.717) is 36.9 Å². The average molecular weight is 513 g/mol. The van der Waals surface area contributed by atoms with Crippen molar-refractivity contribution in [1.29, 1.82) is 0 Å². The van der Waals surface area contributed by atoms with E-state index in [9.17, 15) is 14.4 Å². The lowest BCUT2D eigenvalue weighted by atomic mass is 9.61. The zero-order valence-electron chi connectivity index (χ0n) is 22.6. The fraction of sp³-hybridized carbons (Fsp3) is 0.759. The minimum absolute atomic E-state index is 0.0202. The molecule has 8 nitrogen and oxygen atoms in total. The SMILES string of the molecule is CN(C)CCCNc1c(NCCNC(=O)OC2CCC3=C4CCC5CCCC5C4CCC3C2)c(=O)c1=O. The molecule has 0 aromatic heterocycles. The van der Waals surface area contributed by atoms with E-state index in [4.69, 9.17) is 4.74 Å². The second kappa shape index (κ2) is 11.6. The van der Waals surface area contributed by atoms with E-state index >= 15 is 0 Å². The Morgan fingerprint density at radius 2 is 1.65 bits per heavy atom. The van der Waals surface area contributed by atoms with Gasteiger partial charge in [-0.15, -0.1) is 0 Å². The molecule has 0 heterocycles. The van der Waals surface area contributed by atoms with E-state index < -0.39 is 17.0 Å². The molecule has 0 aliphatic heterocycles. The molecular formula is C29H44N4O4. The number of ether oxygens (including phenoxy) is 1. The quantitative estimate of drug-likeness (QED) is 0.249. The van der Waals surface area contributed by atoms with E-state index in [1.54, 1.807) is 11.1 Å². The van der Waals surface area contributed by atoms with Crippen LogP contribution >= 0.6 is 0 Å². The molecule has 37 heavy (non-hydrogen) atoms. The smallest absolute Gasteiger partial charge is 0.407 e. The molecule has 4 aliphatic carbocycles. The Morgan fingerprint density at radius 3 is 2.43 bits per heavy atom. The topological polar surface area (TPSA) is 99.8 Å². The zero-order valence-corrected chi connectivity index (χ0v) is 22.6. The van der Waals surface area contributed by atoms with Crippen LogP contribution in [0.15, 0.2) is 20.7 Å². The van der Waals surface area contributed by atoms with Gasteiger partial charge in [0.05, 0.1) is 0 Å².